The molecule has 0 bridgehead atoms. The largest absolute Gasteiger partial charge is 0.493 e. The van der Waals surface area contributed by atoms with Gasteiger partial charge in [0, 0.05) is 18.2 Å². The van der Waals surface area contributed by atoms with E-state index < -0.39 is 10.8 Å². The number of benzene rings is 3. The van der Waals surface area contributed by atoms with Crippen molar-refractivity contribution in [2.24, 2.45) is 0 Å². The summed E-state index contributed by atoms with van der Waals surface area (Å²) in [5, 5.41) is 0.332. The third-order valence-corrected chi connectivity index (χ3v) is 8.16. The first-order valence-corrected chi connectivity index (χ1v) is 15.2. The van der Waals surface area contributed by atoms with E-state index in [9.17, 15) is 9.00 Å². The van der Waals surface area contributed by atoms with Gasteiger partial charge in [0.2, 0.25) is 0 Å². The quantitative estimate of drug-likeness (QED) is 0.128. The molecule has 0 aliphatic heterocycles. The van der Waals surface area contributed by atoms with Crippen molar-refractivity contribution in [2.45, 2.75) is 24.3 Å². The number of hydrogen-bond acceptors (Lipinski definition) is 9. The van der Waals surface area contributed by atoms with E-state index in [1.807, 2.05) is 49.4 Å². The summed E-state index contributed by atoms with van der Waals surface area (Å²) in [5.74, 6) is 2.26. The Balaban J connectivity index is 1.13. The Kier molecular flexibility index (Phi) is 9.75. The van der Waals surface area contributed by atoms with Crippen molar-refractivity contribution in [2.75, 3.05) is 34.5 Å². The molecule has 1 unspecified atom stereocenters. The molecule has 0 saturated heterocycles. The highest BCUT2D eigenvalue weighted by molar-refractivity contribution is 7.84. The number of rotatable bonds is 13. The molecule has 11 heteroatoms. The molecule has 0 fully saturated rings. The lowest BCUT2D eigenvalue weighted by molar-refractivity contribution is 0.0600. The molecule has 0 aliphatic rings. The number of methoxy groups -OCH3 is 3. The fourth-order valence-electron chi connectivity index (χ4n) is 4.65. The number of hydrogen-bond donors (Lipinski definition) is 1. The number of aromatic amines is 1. The number of fused-ring (bicyclic) bond motifs is 1. The first kappa shape index (κ1) is 30.6. The Morgan fingerprint density at radius 3 is 2.43 bits per heavy atom. The molecular weight excluding hydrogens is 582 g/mol. The number of pyridine rings is 1. The Morgan fingerprint density at radius 1 is 0.886 bits per heavy atom. The summed E-state index contributed by atoms with van der Waals surface area (Å²) < 4.78 is 40.7. The SMILES string of the molecule is COC(=O)c1cccc(-c2ccc(OCCCOc3ccnc(CS(=O)c4nc5c(OC)c(OC)ccc5[nH]4)c3C)cc2)c1. The average molecular weight is 616 g/mol. The predicted molar refractivity (Wildman–Crippen MR) is 167 cm³/mol. The van der Waals surface area contributed by atoms with Crippen LogP contribution in [-0.4, -0.2) is 59.7 Å². The van der Waals surface area contributed by atoms with Crippen molar-refractivity contribution in [1.82, 2.24) is 15.0 Å². The van der Waals surface area contributed by atoms with Gasteiger partial charge in [-0.05, 0) is 60.5 Å². The van der Waals surface area contributed by atoms with Gasteiger partial charge < -0.3 is 28.7 Å². The molecule has 5 rings (SSSR count). The molecule has 0 amide bonds. The van der Waals surface area contributed by atoms with E-state index in [0.717, 1.165) is 22.4 Å². The van der Waals surface area contributed by atoms with Crippen LogP contribution >= 0.6 is 0 Å². The normalized spacial score (nSPS) is 11.6. The van der Waals surface area contributed by atoms with E-state index in [2.05, 4.69) is 15.0 Å². The summed E-state index contributed by atoms with van der Waals surface area (Å²) in [6, 6.07) is 20.4. The van der Waals surface area contributed by atoms with Crippen LogP contribution in [0.5, 0.6) is 23.0 Å². The summed E-state index contributed by atoms with van der Waals surface area (Å²) in [4.78, 5) is 23.9. The van der Waals surface area contributed by atoms with Gasteiger partial charge in [0.15, 0.2) is 16.7 Å². The maximum absolute atomic E-state index is 13.2. The molecule has 0 saturated carbocycles. The van der Waals surface area contributed by atoms with E-state index in [-0.39, 0.29) is 11.7 Å². The van der Waals surface area contributed by atoms with Gasteiger partial charge in [-0.15, -0.1) is 0 Å². The third-order valence-electron chi connectivity index (χ3n) is 7.00. The topological polar surface area (TPSA) is 122 Å². The molecule has 2 heterocycles. The number of aromatic nitrogens is 3. The molecule has 228 valence electrons. The second-order valence-electron chi connectivity index (χ2n) is 9.76. The summed E-state index contributed by atoms with van der Waals surface area (Å²) in [6.07, 6.45) is 2.32. The lowest BCUT2D eigenvalue weighted by Gasteiger charge is -2.12. The zero-order valence-electron chi connectivity index (χ0n) is 24.9. The van der Waals surface area contributed by atoms with Gasteiger partial charge in [0.25, 0.3) is 0 Å². The Bertz CT molecular complexity index is 1790. The van der Waals surface area contributed by atoms with Crippen LogP contribution in [0.25, 0.3) is 22.2 Å². The van der Waals surface area contributed by atoms with E-state index >= 15 is 0 Å². The van der Waals surface area contributed by atoms with E-state index in [0.29, 0.717) is 64.3 Å². The Morgan fingerprint density at radius 2 is 1.68 bits per heavy atom. The standard InChI is InChI=1S/C33H33N3O7S/c1-21-27(20-44(38)33-35-26-13-14-29(39-2)31(40-3)30(26)36-33)34-16-15-28(21)43-18-6-17-42-25-11-9-22(10-12-25)23-7-5-8-24(19-23)32(37)41-4/h5,7-16,19H,6,17-18,20H2,1-4H3,(H,35,36). The molecule has 10 nitrogen and oxygen atoms in total. The van der Waals surface area contributed by atoms with Gasteiger partial charge in [-0.25, -0.2) is 9.78 Å². The molecule has 3 aromatic carbocycles. The predicted octanol–water partition coefficient (Wildman–Crippen LogP) is 5.89. The first-order chi connectivity index (χ1) is 21.4. The summed E-state index contributed by atoms with van der Waals surface area (Å²) in [7, 11) is 2.99. The second kappa shape index (κ2) is 14.0. The molecule has 2 aromatic heterocycles. The smallest absolute Gasteiger partial charge is 0.337 e. The molecule has 5 aromatic rings. The monoisotopic (exact) mass is 615 g/mol. The highest BCUT2D eigenvalue weighted by atomic mass is 32.2. The van der Waals surface area contributed by atoms with Crippen molar-refractivity contribution in [3.63, 3.8) is 0 Å². The number of carbonyl (C=O) groups excluding carboxylic acids is 1. The summed E-state index contributed by atoms with van der Waals surface area (Å²) in [6.45, 7) is 2.82. The molecule has 1 atom stereocenters. The molecule has 0 aliphatic carbocycles. The third kappa shape index (κ3) is 6.84. The average Bonchev–Trinajstić information content (AvgIpc) is 3.50. The zero-order chi connectivity index (χ0) is 31.1. The second-order valence-corrected chi connectivity index (χ2v) is 11.1. The van der Waals surface area contributed by atoms with Crippen molar-refractivity contribution in [3.05, 3.63) is 89.7 Å². The number of nitrogens with zero attached hydrogens (tertiary/aromatic N) is 2. The van der Waals surface area contributed by atoms with Crippen LogP contribution in [0.4, 0.5) is 0 Å². The van der Waals surface area contributed by atoms with E-state index in [1.165, 1.54) is 7.11 Å². The van der Waals surface area contributed by atoms with Crippen LogP contribution in [0.3, 0.4) is 0 Å². The fraction of sp³-hybridized carbons (Fsp3) is 0.242. The van der Waals surface area contributed by atoms with Gasteiger partial charge in [0.05, 0.1) is 67.9 Å². The maximum atomic E-state index is 13.2. The van der Waals surface area contributed by atoms with E-state index in [1.54, 1.807) is 44.7 Å². The van der Waals surface area contributed by atoms with Crippen LogP contribution in [-0.2, 0) is 21.3 Å². The summed E-state index contributed by atoms with van der Waals surface area (Å²) in [5.41, 5.74) is 5.14. The summed E-state index contributed by atoms with van der Waals surface area (Å²) >= 11 is 0. The molecule has 44 heavy (non-hydrogen) atoms. The fourth-order valence-corrected chi connectivity index (χ4v) is 5.74. The van der Waals surface area contributed by atoms with Crippen molar-refractivity contribution < 1.29 is 32.7 Å². The van der Waals surface area contributed by atoms with E-state index in [4.69, 9.17) is 23.7 Å². The van der Waals surface area contributed by atoms with Crippen molar-refractivity contribution >= 4 is 27.8 Å². The molecule has 1 N–H and O–H groups in total. The Labute approximate surface area is 257 Å². The van der Waals surface area contributed by atoms with Crippen LogP contribution < -0.4 is 18.9 Å². The number of imidazole rings is 1. The highest BCUT2D eigenvalue weighted by Gasteiger charge is 2.18. The molecule has 0 radical (unpaired) electrons. The van der Waals surface area contributed by atoms with Gasteiger partial charge >= 0.3 is 5.97 Å². The van der Waals surface area contributed by atoms with Crippen molar-refractivity contribution in [3.8, 4) is 34.1 Å². The van der Waals surface area contributed by atoms with Crippen LogP contribution in [0.15, 0.2) is 78.1 Å². The molecule has 0 spiro atoms. The maximum Gasteiger partial charge on any atom is 0.337 e. The highest BCUT2D eigenvalue weighted by Crippen LogP contribution is 2.34. The zero-order valence-corrected chi connectivity index (χ0v) is 25.7. The minimum atomic E-state index is -1.47. The lowest BCUT2D eigenvalue weighted by Crippen LogP contribution is -2.08. The minimum Gasteiger partial charge on any atom is -0.493 e. The van der Waals surface area contributed by atoms with Gasteiger partial charge in [-0.2, -0.15) is 0 Å². The minimum absolute atomic E-state index is 0.175. The van der Waals surface area contributed by atoms with Gasteiger partial charge in [0.1, 0.15) is 17.0 Å². The lowest BCUT2D eigenvalue weighted by atomic mass is 10.0. The molecular formula is C33H33N3O7S. The number of nitrogens with one attached hydrogen (secondary N) is 1. The number of H-pyrrole nitrogens is 1. The number of carbonyl (C=O) groups is 1. The Hall–Kier alpha value is -4.90. The van der Waals surface area contributed by atoms with Crippen LogP contribution in [0.2, 0.25) is 0 Å². The number of esters is 1. The first-order valence-electron chi connectivity index (χ1n) is 13.9. The number of ether oxygens (including phenoxy) is 5. The van der Waals surface area contributed by atoms with Crippen molar-refractivity contribution in [1.29, 1.82) is 0 Å². The van der Waals surface area contributed by atoms with Crippen LogP contribution in [0.1, 0.15) is 28.0 Å². The van der Waals surface area contributed by atoms with Crippen LogP contribution in [0, 0.1) is 6.92 Å². The van der Waals surface area contributed by atoms with Gasteiger partial charge in [-0.3, -0.25) is 9.19 Å². The van der Waals surface area contributed by atoms with Gasteiger partial charge in [-0.1, -0.05) is 24.3 Å².